The Balaban J connectivity index is 2.82. The zero-order chi connectivity index (χ0) is 14.3. The van der Waals surface area contributed by atoms with Crippen molar-refractivity contribution in [3.05, 3.63) is 12.1 Å². The molecule has 0 radical (unpaired) electrons. The van der Waals surface area contributed by atoms with E-state index in [-0.39, 0.29) is 0 Å². The molecular weight excluding hydrogens is 248 g/mol. The molecule has 1 aromatic carbocycles. The molecule has 0 bridgehead atoms. The van der Waals surface area contributed by atoms with Crippen LogP contribution in [0.3, 0.4) is 0 Å². The summed E-state index contributed by atoms with van der Waals surface area (Å²) in [6.45, 7) is 0.341. The molecule has 0 saturated carbocycles. The normalized spacial score (nSPS) is 11.3. The van der Waals surface area contributed by atoms with E-state index in [4.69, 9.17) is 29.9 Å². The zero-order valence-corrected chi connectivity index (χ0v) is 11.3. The largest absolute Gasteiger partial charge is 0.493 e. The number of hydrogen-bond donors (Lipinski definition) is 1. The fraction of sp³-hybridized carbons (Fsp3) is 0.462. The second kappa shape index (κ2) is 7.34. The molecule has 0 aliphatic rings. The predicted octanol–water partition coefficient (Wildman–Crippen LogP) is 1.33. The minimum Gasteiger partial charge on any atom is -0.493 e. The van der Waals surface area contributed by atoms with Gasteiger partial charge in [-0.15, -0.1) is 0 Å². The second-order valence-corrected chi connectivity index (χ2v) is 3.73. The molecule has 19 heavy (non-hydrogen) atoms. The van der Waals surface area contributed by atoms with Gasteiger partial charge in [0.25, 0.3) is 0 Å². The van der Waals surface area contributed by atoms with Gasteiger partial charge in [0.05, 0.1) is 40.0 Å². The summed E-state index contributed by atoms with van der Waals surface area (Å²) in [6, 6.07) is 4.80. The fourth-order valence-electron chi connectivity index (χ4n) is 1.51. The van der Waals surface area contributed by atoms with Crippen molar-refractivity contribution in [2.45, 2.75) is 12.5 Å². The third-order valence-electron chi connectivity index (χ3n) is 2.50. The molecule has 1 rings (SSSR count). The number of ether oxygens (including phenoxy) is 4. The molecule has 0 heterocycles. The first-order chi connectivity index (χ1) is 9.15. The van der Waals surface area contributed by atoms with Gasteiger partial charge in [-0.05, 0) is 0 Å². The number of nitriles is 1. The van der Waals surface area contributed by atoms with E-state index in [1.54, 1.807) is 12.1 Å². The summed E-state index contributed by atoms with van der Waals surface area (Å²) in [7, 11) is 4.60. The molecule has 0 aliphatic carbocycles. The molecule has 0 amide bonds. The number of benzene rings is 1. The first-order valence-corrected chi connectivity index (χ1v) is 5.74. The van der Waals surface area contributed by atoms with Gasteiger partial charge in [0.1, 0.15) is 5.75 Å². The number of nitrogens with zero attached hydrogens (tertiary/aromatic N) is 1. The highest BCUT2D eigenvalue weighted by atomic mass is 16.5. The van der Waals surface area contributed by atoms with Gasteiger partial charge in [0.15, 0.2) is 11.5 Å². The number of hydrogen-bond acceptors (Lipinski definition) is 6. The van der Waals surface area contributed by atoms with Crippen LogP contribution in [0.2, 0.25) is 0 Å². The van der Waals surface area contributed by atoms with Gasteiger partial charge in [0.2, 0.25) is 5.75 Å². The van der Waals surface area contributed by atoms with Crippen LogP contribution in [0.4, 0.5) is 0 Å². The Hall–Kier alpha value is -2.13. The molecule has 1 unspecified atom stereocenters. The molecule has 6 heteroatoms. The van der Waals surface area contributed by atoms with Crippen molar-refractivity contribution in [1.29, 1.82) is 5.26 Å². The van der Waals surface area contributed by atoms with E-state index in [1.165, 1.54) is 21.3 Å². The maximum Gasteiger partial charge on any atom is 0.203 e. The Kier molecular flexibility index (Phi) is 5.76. The Morgan fingerprint density at radius 1 is 1.16 bits per heavy atom. The van der Waals surface area contributed by atoms with Gasteiger partial charge < -0.3 is 24.7 Å². The molecule has 0 saturated heterocycles. The Morgan fingerprint density at radius 2 is 1.74 bits per heavy atom. The number of methoxy groups -OCH3 is 3. The first kappa shape index (κ1) is 14.9. The van der Waals surface area contributed by atoms with Crippen molar-refractivity contribution in [3.63, 3.8) is 0 Å². The van der Waals surface area contributed by atoms with E-state index in [0.29, 0.717) is 36.0 Å². The van der Waals surface area contributed by atoms with Crippen molar-refractivity contribution in [2.75, 3.05) is 27.9 Å². The molecule has 0 aromatic heterocycles. The second-order valence-electron chi connectivity index (χ2n) is 3.73. The van der Waals surface area contributed by atoms with Gasteiger partial charge in [-0.3, -0.25) is 0 Å². The average molecular weight is 266 g/mol. The van der Waals surface area contributed by atoms with E-state index in [1.807, 2.05) is 6.07 Å². The lowest BCUT2D eigenvalue weighted by Gasteiger charge is -2.14. The number of rotatable bonds is 7. The minimum absolute atomic E-state index is 0.341. The van der Waals surface area contributed by atoms with Gasteiger partial charge >= 0.3 is 0 Å². The summed E-state index contributed by atoms with van der Waals surface area (Å²) < 4.78 is 21.1. The SMILES string of the molecule is COc1cc(OCCC(N)C#N)cc(OC)c1OC. The quantitative estimate of drug-likeness (QED) is 0.801. The van der Waals surface area contributed by atoms with Crippen molar-refractivity contribution >= 4 is 0 Å². The summed E-state index contributed by atoms with van der Waals surface area (Å²) >= 11 is 0. The third kappa shape index (κ3) is 3.93. The zero-order valence-electron chi connectivity index (χ0n) is 11.3. The highest BCUT2D eigenvalue weighted by Crippen LogP contribution is 2.40. The average Bonchev–Trinajstić information content (AvgIpc) is 2.45. The smallest absolute Gasteiger partial charge is 0.203 e. The van der Waals surface area contributed by atoms with Gasteiger partial charge in [-0.2, -0.15) is 5.26 Å². The lowest BCUT2D eigenvalue weighted by molar-refractivity contribution is 0.292. The molecule has 1 atom stereocenters. The first-order valence-electron chi connectivity index (χ1n) is 5.74. The standard InChI is InChI=1S/C13H18N2O4/c1-16-11-6-10(19-5-4-9(15)8-14)7-12(17-2)13(11)18-3/h6-7,9H,4-5,15H2,1-3H3. The topological polar surface area (TPSA) is 86.7 Å². The van der Waals surface area contributed by atoms with Gasteiger partial charge in [0, 0.05) is 18.6 Å². The minimum atomic E-state index is -0.526. The molecular formula is C13H18N2O4. The van der Waals surface area contributed by atoms with E-state index in [2.05, 4.69) is 0 Å². The van der Waals surface area contributed by atoms with Crippen molar-refractivity contribution in [3.8, 4) is 29.1 Å². The highest BCUT2D eigenvalue weighted by molar-refractivity contribution is 5.55. The van der Waals surface area contributed by atoms with E-state index in [0.717, 1.165) is 0 Å². The van der Waals surface area contributed by atoms with Crippen molar-refractivity contribution in [1.82, 2.24) is 0 Å². The fourth-order valence-corrected chi connectivity index (χ4v) is 1.51. The molecule has 6 nitrogen and oxygen atoms in total. The van der Waals surface area contributed by atoms with Crippen molar-refractivity contribution in [2.24, 2.45) is 5.73 Å². The van der Waals surface area contributed by atoms with Crippen LogP contribution in [0.1, 0.15) is 6.42 Å². The van der Waals surface area contributed by atoms with Crippen molar-refractivity contribution < 1.29 is 18.9 Å². The summed E-state index contributed by atoms with van der Waals surface area (Å²) in [5, 5.41) is 8.58. The van der Waals surface area contributed by atoms with Gasteiger partial charge in [-0.25, -0.2) is 0 Å². The highest BCUT2D eigenvalue weighted by Gasteiger charge is 2.14. The van der Waals surface area contributed by atoms with Crippen LogP contribution in [0.15, 0.2) is 12.1 Å². The van der Waals surface area contributed by atoms with Crippen LogP contribution in [0.5, 0.6) is 23.0 Å². The van der Waals surface area contributed by atoms with Crippen LogP contribution < -0.4 is 24.7 Å². The maximum atomic E-state index is 8.58. The van der Waals surface area contributed by atoms with Crippen LogP contribution in [-0.2, 0) is 0 Å². The van der Waals surface area contributed by atoms with Crippen LogP contribution >= 0.6 is 0 Å². The monoisotopic (exact) mass is 266 g/mol. The predicted molar refractivity (Wildman–Crippen MR) is 69.8 cm³/mol. The summed E-state index contributed by atoms with van der Waals surface area (Å²) in [4.78, 5) is 0. The summed E-state index contributed by atoms with van der Waals surface area (Å²) in [5.74, 6) is 2.11. The van der Waals surface area contributed by atoms with E-state index < -0.39 is 6.04 Å². The maximum absolute atomic E-state index is 8.58. The molecule has 0 fully saturated rings. The summed E-state index contributed by atoms with van der Waals surface area (Å²) in [5.41, 5.74) is 5.48. The third-order valence-corrected chi connectivity index (χ3v) is 2.50. The van der Waals surface area contributed by atoms with Crippen LogP contribution in [0.25, 0.3) is 0 Å². The Bertz CT molecular complexity index is 431. The van der Waals surface area contributed by atoms with Crippen LogP contribution in [0, 0.1) is 11.3 Å². The molecule has 0 spiro atoms. The molecule has 1 aromatic rings. The summed E-state index contributed by atoms with van der Waals surface area (Å²) in [6.07, 6.45) is 0.452. The Morgan fingerprint density at radius 3 is 2.16 bits per heavy atom. The van der Waals surface area contributed by atoms with Gasteiger partial charge in [-0.1, -0.05) is 0 Å². The lowest BCUT2D eigenvalue weighted by atomic mass is 10.2. The Labute approximate surface area is 112 Å². The molecule has 2 N–H and O–H groups in total. The van der Waals surface area contributed by atoms with E-state index in [9.17, 15) is 0 Å². The lowest BCUT2D eigenvalue weighted by Crippen LogP contribution is -2.20. The molecule has 104 valence electrons. The number of nitrogens with two attached hydrogens (primary N) is 1. The van der Waals surface area contributed by atoms with Crippen LogP contribution in [-0.4, -0.2) is 34.0 Å². The molecule has 0 aliphatic heterocycles. The van der Waals surface area contributed by atoms with E-state index >= 15 is 0 Å².